The van der Waals surface area contributed by atoms with Gasteiger partial charge < -0.3 is 0 Å². The third-order valence-electron chi connectivity index (χ3n) is 2.30. The summed E-state index contributed by atoms with van der Waals surface area (Å²) < 4.78 is 12.8. The highest BCUT2D eigenvalue weighted by Crippen LogP contribution is 2.30. The standard InChI is InChI=1S/C13H9Cl2F/c14-11-3-1-2-10(8-11)13(15)9-4-6-12(16)7-5-9/h1-8,13H. The molecule has 0 heterocycles. The van der Waals surface area contributed by atoms with Gasteiger partial charge in [0.1, 0.15) is 5.82 Å². The van der Waals surface area contributed by atoms with Crippen LogP contribution >= 0.6 is 23.2 Å². The van der Waals surface area contributed by atoms with Crippen LogP contribution in [-0.2, 0) is 0 Å². The molecule has 0 saturated heterocycles. The molecule has 0 fully saturated rings. The largest absolute Gasteiger partial charge is 0.207 e. The second-order valence-electron chi connectivity index (χ2n) is 3.47. The van der Waals surface area contributed by atoms with Gasteiger partial charge in [-0.2, -0.15) is 0 Å². The molecule has 1 unspecified atom stereocenters. The maximum atomic E-state index is 12.8. The summed E-state index contributed by atoms with van der Waals surface area (Å²) in [6.45, 7) is 0. The van der Waals surface area contributed by atoms with Crippen molar-refractivity contribution >= 4 is 23.2 Å². The molecule has 0 aliphatic heterocycles. The van der Waals surface area contributed by atoms with Gasteiger partial charge in [-0.15, -0.1) is 11.6 Å². The van der Waals surface area contributed by atoms with E-state index in [0.717, 1.165) is 11.1 Å². The van der Waals surface area contributed by atoms with Crippen molar-refractivity contribution in [2.75, 3.05) is 0 Å². The zero-order valence-electron chi connectivity index (χ0n) is 8.33. The molecule has 0 spiro atoms. The SMILES string of the molecule is Fc1ccc(C(Cl)c2cccc(Cl)c2)cc1. The highest BCUT2D eigenvalue weighted by molar-refractivity contribution is 6.30. The molecule has 82 valence electrons. The van der Waals surface area contributed by atoms with Gasteiger partial charge in [0.25, 0.3) is 0 Å². The first-order valence-electron chi connectivity index (χ1n) is 4.82. The average molecular weight is 255 g/mol. The van der Waals surface area contributed by atoms with Crippen molar-refractivity contribution in [3.05, 3.63) is 70.5 Å². The van der Waals surface area contributed by atoms with Crippen molar-refractivity contribution < 1.29 is 4.39 Å². The average Bonchev–Trinajstić information content (AvgIpc) is 2.29. The molecule has 1 atom stereocenters. The third-order valence-corrected chi connectivity index (χ3v) is 3.04. The summed E-state index contributed by atoms with van der Waals surface area (Å²) in [6, 6.07) is 13.5. The molecular weight excluding hydrogens is 246 g/mol. The minimum absolute atomic E-state index is 0.265. The van der Waals surface area contributed by atoms with E-state index in [1.54, 1.807) is 18.2 Å². The van der Waals surface area contributed by atoms with E-state index in [2.05, 4.69) is 0 Å². The van der Waals surface area contributed by atoms with E-state index in [9.17, 15) is 4.39 Å². The maximum absolute atomic E-state index is 12.8. The van der Waals surface area contributed by atoms with Crippen LogP contribution < -0.4 is 0 Å². The van der Waals surface area contributed by atoms with E-state index in [1.807, 2.05) is 18.2 Å². The van der Waals surface area contributed by atoms with E-state index in [1.165, 1.54) is 12.1 Å². The van der Waals surface area contributed by atoms with Gasteiger partial charge in [-0.25, -0.2) is 4.39 Å². The van der Waals surface area contributed by atoms with Crippen LogP contribution in [0, 0.1) is 5.82 Å². The summed E-state index contributed by atoms with van der Waals surface area (Å²) in [4.78, 5) is 0. The molecule has 0 radical (unpaired) electrons. The van der Waals surface area contributed by atoms with Crippen LogP contribution in [0.2, 0.25) is 5.02 Å². The lowest BCUT2D eigenvalue weighted by molar-refractivity contribution is 0.627. The van der Waals surface area contributed by atoms with Gasteiger partial charge in [0.05, 0.1) is 5.38 Å². The smallest absolute Gasteiger partial charge is 0.123 e. The Bertz CT molecular complexity index is 480. The van der Waals surface area contributed by atoms with Crippen LogP contribution in [0.1, 0.15) is 16.5 Å². The summed E-state index contributed by atoms with van der Waals surface area (Å²) in [6.07, 6.45) is 0. The molecule has 0 bridgehead atoms. The van der Waals surface area contributed by atoms with Gasteiger partial charge in [-0.05, 0) is 35.4 Å². The molecule has 0 aliphatic rings. The van der Waals surface area contributed by atoms with Gasteiger partial charge in [0.15, 0.2) is 0 Å². The Morgan fingerprint density at radius 1 is 0.938 bits per heavy atom. The number of hydrogen-bond donors (Lipinski definition) is 0. The summed E-state index contributed by atoms with van der Waals surface area (Å²) in [7, 11) is 0. The lowest BCUT2D eigenvalue weighted by Crippen LogP contribution is -1.93. The van der Waals surface area contributed by atoms with Crippen molar-refractivity contribution in [2.24, 2.45) is 0 Å². The number of rotatable bonds is 2. The van der Waals surface area contributed by atoms with Gasteiger partial charge in [0.2, 0.25) is 0 Å². The predicted octanol–water partition coefficient (Wildman–Crippen LogP) is 4.81. The van der Waals surface area contributed by atoms with Crippen LogP contribution in [0.3, 0.4) is 0 Å². The fraction of sp³-hybridized carbons (Fsp3) is 0.0769. The van der Waals surface area contributed by atoms with Crippen LogP contribution in [0.5, 0.6) is 0 Å². The van der Waals surface area contributed by atoms with Crippen molar-refractivity contribution in [1.29, 1.82) is 0 Å². The Labute approximate surface area is 104 Å². The molecule has 2 aromatic carbocycles. The lowest BCUT2D eigenvalue weighted by Gasteiger charge is -2.10. The Kier molecular flexibility index (Phi) is 3.47. The van der Waals surface area contributed by atoms with E-state index >= 15 is 0 Å². The summed E-state index contributed by atoms with van der Waals surface area (Å²) in [5.41, 5.74) is 1.76. The van der Waals surface area contributed by atoms with Crippen LogP contribution in [0.25, 0.3) is 0 Å². The van der Waals surface area contributed by atoms with Crippen LogP contribution in [0.4, 0.5) is 4.39 Å². The van der Waals surface area contributed by atoms with Crippen LogP contribution in [-0.4, -0.2) is 0 Å². The highest BCUT2D eigenvalue weighted by atomic mass is 35.5. The molecule has 3 heteroatoms. The van der Waals surface area contributed by atoms with Crippen molar-refractivity contribution in [2.45, 2.75) is 5.38 Å². The van der Waals surface area contributed by atoms with E-state index < -0.39 is 0 Å². The molecule has 0 aliphatic carbocycles. The Balaban J connectivity index is 2.31. The first-order valence-corrected chi connectivity index (χ1v) is 5.63. The van der Waals surface area contributed by atoms with Gasteiger partial charge in [-0.1, -0.05) is 35.9 Å². The van der Waals surface area contributed by atoms with Crippen molar-refractivity contribution in [3.8, 4) is 0 Å². The Hall–Kier alpha value is -1.05. The molecule has 0 nitrogen and oxygen atoms in total. The minimum atomic E-state index is -0.306. The van der Waals surface area contributed by atoms with Crippen LogP contribution in [0.15, 0.2) is 48.5 Å². The zero-order chi connectivity index (χ0) is 11.5. The third kappa shape index (κ3) is 2.55. The number of alkyl halides is 1. The second-order valence-corrected chi connectivity index (χ2v) is 4.34. The second kappa shape index (κ2) is 4.86. The van der Waals surface area contributed by atoms with Gasteiger partial charge >= 0.3 is 0 Å². The number of hydrogen-bond acceptors (Lipinski definition) is 0. The Morgan fingerprint density at radius 2 is 1.62 bits per heavy atom. The maximum Gasteiger partial charge on any atom is 0.123 e. The fourth-order valence-corrected chi connectivity index (χ4v) is 1.97. The monoisotopic (exact) mass is 254 g/mol. The molecule has 2 rings (SSSR count). The first-order chi connectivity index (χ1) is 7.66. The Morgan fingerprint density at radius 3 is 2.25 bits per heavy atom. The van der Waals surface area contributed by atoms with Gasteiger partial charge in [0, 0.05) is 5.02 Å². The molecule has 0 N–H and O–H groups in total. The summed E-state index contributed by atoms with van der Waals surface area (Å²) in [5.74, 6) is -0.265. The first kappa shape index (κ1) is 11.4. The summed E-state index contributed by atoms with van der Waals surface area (Å²) >= 11 is 12.2. The number of halogens is 3. The minimum Gasteiger partial charge on any atom is -0.207 e. The van der Waals surface area contributed by atoms with Crippen molar-refractivity contribution in [3.63, 3.8) is 0 Å². The normalized spacial score (nSPS) is 12.4. The quantitative estimate of drug-likeness (QED) is 0.675. The molecule has 0 aromatic heterocycles. The highest BCUT2D eigenvalue weighted by Gasteiger charge is 2.10. The molecular formula is C13H9Cl2F. The molecule has 16 heavy (non-hydrogen) atoms. The molecule has 0 saturated carbocycles. The fourth-order valence-electron chi connectivity index (χ4n) is 1.49. The van der Waals surface area contributed by atoms with E-state index in [4.69, 9.17) is 23.2 Å². The van der Waals surface area contributed by atoms with E-state index in [-0.39, 0.29) is 11.2 Å². The zero-order valence-corrected chi connectivity index (χ0v) is 9.84. The predicted molar refractivity (Wildman–Crippen MR) is 65.5 cm³/mol. The molecule has 2 aromatic rings. The molecule has 0 amide bonds. The summed E-state index contributed by atoms with van der Waals surface area (Å²) in [5, 5.41) is 0.338. The van der Waals surface area contributed by atoms with E-state index in [0.29, 0.717) is 5.02 Å². The number of benzene rings is 2. The topological polar surface area (TPSA) is 0 Å². The van der Waals surface area contributed by atoms with Gasteiger partial charge in [-0.3, -0.25) is 0 Å². The lowest BCUT2D eigenvalue weighted by atomic mass is 10.0. The van der Waals surface area contributed by atoms with Crippen molar-refractivity contribution in [1.82, 2.24) is 0 Å².